The number of nitrogen functional groups attached to an aromatic ring is 1. The van der Waals surface area contributed by atoms with Gasteiger partial charge in [-0.2, -0.15) is 5.10 Å². The Bertz CT molecular complexity index is 674. The van der Waals surface area contributed by atoms with E-state index >= 15 is 0 Å². The van der Waals surface area contributed by atoms with Crippen LogP contribution in [-0.2, 0) is 10.0 Å². The summed E-state index contributed by atoms with van der Waals surface area (Å²) in [5.74, 6) is 0.551. The highest BCUT2D eigenvalue weighted by molar-refractivity contribution is 7.92. The van der Waals surface area contributed by atoms with Crippen LogP contribution in [0.3, 0.4) is 0 Å². The SMILES string of the molecule is COc1ccc(S(=O)(=O)Nc2cccnn2)cc1N. The molecule has 7 nitrogen and oxygen atoms in total. The highest BCUT2D eigenvalue weighted by Crippen LogP contribution is 2.25. The first-order chi connectivity index (χ1) is 9.03. The topological polar surface area (TPSA) is 107 Å². The number of methoxy groups -OCH3 is 1. The van der Waals surface area contributed by atoms with Gasteiger partial charge in [0.25, 0.3) is 10.0 Å². The molecule has 3 N–H and O–H groups in total. The van der Waals surface area contributed by atoms with E-state index in [1.165, 1.54) is 37.6 Å². The Morgan fingerprint density at radius 1 is 1.32 bits per heavy atom. The third-order valence-corrected chi connectivity index (χ3v) is 3.68. The molecule has 0 aliphatic heterocycles. The van der Waals surface area contributed by atoms with Crippen LogP contribution in [0.5, 0.6) is 5.75 Å². The predicted octanol–water partition coefficient (Wildman–Crippen LogP) is 0.868. The zero-order valence-electron chi connectivity index (χ0n) is 10.1. The van der Waals surface area contributed by atoms with Crippen molar-refractivity contribution in [3.05, 3.63) is 36.5 Å². The number of ether oxygens (including phenoxy) is 1. The standard InChI is InChI=1S/C11H12N4O3S/c1-18-10-5-4-8(7-9(10)12)19(16,17)15-11-3-2-6-13-14-11/h2-7H,12H2,1H3,(H,14,15). The molecule has 0 saturated carbocycles. The smallest absolute Gasteiger partial charge is 0.263 e. The van der Waals surface area contributed by atoms with E-state index < -0.39 is 10.0 Å². The lowest BCUT2D eigenvalue weighted by Crippen LogP contribution is -2.14. The number of hydrogen-bond donors (Lipinski definition) is 2. The molecule has 0 fully saturated rings. The van der Waals surface area contributed by atoms with Gasteiger partial charge in [0.1, 0.15) is 5.75 Å². The lowest BCUT2D eigenvalue weighted by Gasteiger charge is -2.09. The summed E-state index contributed by atoms with van der Waals surface area (Å²) < 4.78 is 31.4. The van der Waals surface area contributed by atoms with Gasteiger partial charge < -0.3 is 10.5 Å². The van der Waals surface area contributed by atoms with E-state index in [2.05, 4.69) is 14.9 Å². The summed E-state index contributed by atoms with van der Waals surface area (Å²) in [5, 5.41) is 7.24. The zero-order valence-corrected chi connectivity index (χ0v) is 10.9. The largest absolute Gasteiger partial charge is 0.495 e. The van der Waals surface area contributed by atoms with E-state index in [0.29, 0.717) is 5.75 Å². The van der Waals surface area contributed by atoms with E-state index in [1.807, 2.05) is 0 Å². The molecule has 1 aromatic carbocycles. The molecular formula is C11H12N4O3S. The van der Waals surface area contributed by atoms with Crippen LogP contribution < -0.4 is 15.2 Å². The first kappa shape index (κ1) is 13.1. The molecule has 0 radical (unpaired) electrons. The van der Waals surface area contributed by atoms with Gasteiger partial charge in [0.2, 0.25) is 0 Å². The van der Waals surface area contributed by atoms with Crippen LogP contribution in [0.4, 0.5) is 11.5 Å². The first-order valence-corrected chi connectivity index (χ1v) is 6.75. The number of aromatic nitrogens is 2. The molecule has 0 bridgehead atoms. The van der Waals surface area contributed by atoms with E-state index in [0.717, 1.165) is 0 Å². The Balaban J connectivity index is 2.32. The second-order valence-electron chi connectivity index (χ2n) is 3.62. The van der Waals surface area contributed by atoms with Crippen molar-refractivity contribution in [2.75, 3.05) is 17.6 Å². The molecule has 1 aromatic heterocycles. The number of sulfonamides is 1. The van der Waals surface area contributed by atoms with E-state index in [-0.39, 0.29) is 16.4 Å². The molecule has 0 aliphatic carbocycles. The number of benzene rings is 1. The Morgan fingerprint density at radius 3 is 2.68 bits per heavy atom. The molecule has 2 aromatic rings. The lowest BCUT2D eigenvalue weighted by atomic mass is 10.3. The minimum atomic E-state index is -3.75. The quantitative estimate of drug-likeness (QED) is 0.805. The monoisotopic (exact) mass is 280 g/mol. The van der Waals surface area contributed by atoms with Crippen LogP contribution in [0.2, 0.25) is 0 Å². The van der Waals surface area contributed by atoms with Crippen LogP contribution in [0.15, 0.2) is 41.4 Å². The van der Waals surface area contributed by atoms with Crippen LogP contribution in [0.25, 0.3) is 0 Å². The number of anilines is 2. The van der Waals surface area contributed by atoms with Crippen molar-refractivity contribution in [3.63, 3.8) is 0 Å². The van der Waals surface area contributed by atoms with Crippen LogP contribution in [-0.4, -0.2) is 25.7 Å². The summed E-state index contributed by atoms with van der Waals surface area (Å²) in [6.07, 6.45) is 1.45. The maximum absolute atomic E-state index is 12.1. The highest BCUT2D eigenvalue weighted by atomic mass is 32.2. The average Bonchev–Trinajstić information content (AvgIpc) is 2.39. The maximum atomic E-state index is 12.1. The Hall–Kier alpha value is -2.35. The van der Waals surface area contributed by atoms with Gasteiger partial charge in [0.15, 0.2) is 5.82 Å². The van der Waals surface area contributed by atoms with Gasteiger partial charge >= 0.3 is 0 Å². The summed E-state index contributed by atoms with van der Waals surface area (Å²) in [7, 11) is -2.29. The van der Waals surface area contributed by atoms with Crippen molar-refractivity contribution < 1.29 is 13.2 Å². The van der Waals surface area contributed by atoms with Crippen molar-refractivity contribution in [1.82, 2.24) is 10.2 Å². The maximum Gasteiger partial charge on any atom is 0.263 e. The Morgan fingerprint density at radius 2 is 2.11 bits per heavy atom. The van der Waals surface area contributed by atoms with E-state index in [4.69, 9.17) is 10.5 Å². The minimum absolute atomic E-state index is 0.0245. The molecule has 0 unspecified atom stereocenters. The fourth-order valence-corrected chi connectivity index (χ4v) is 2.46. The number of rotatable bonds is 4. The van der Waals surface area contributed by atoms with Gasteiger partial charge in [0.05, 0.1) is 17.7 Å². The number of hydrogen-bond acceptors (Lipinski definition) is 6. The van der Waals surface area contributed by atoms with Crippen LogP contribution in [0, 0.1) is 0 Å². The fourth-order valence-electron chi connectivity index (χ4n) is 1.43. The van der Waals surface area contributed by atoms with E-state index in [1.54, 1.807) is 6.07 Å². The summed E-state index contributed by atoms with van der Waals surface area (Å²) in [4.78, 5) is 0.0245. The van der Waals surface area contributed by atoms with Crippen LogP contribution in [0.1, 0.15) is 0 Å². The Labute approximate surface area is 110 Å². The third-order valence-electron chi connectivity index (χ3n) is 2.32. The molecule has 0 saturated heterocycles. The minimum Gasteiger partial charge on any atom is -0.495 e. The van der Waals surface area contributed by atoms with Gasteiger partial charge in [-0.3, -0.25) is 4.72 Å². The fraction of sp³-hybridized carbons (Fsp3) is 0.0909. The molecular weight excluding hydrogens is 268 g/mol. The van der Waals surface area contributed by atoms with Gasteiger partial charge in [0, 0.05) is 6.20 Å². The number of nitrogens with two attached hydrogens (primary N) is 1. The van der Waals surface area contributed by atoms with Crippen molar-refractivity contribution >= 4 is 21.5 Å². The summed E-state index contributed by atoms with van der Waals surface area (Å²) in [5.41, 5.74) is 5.92. The predicted molar refractivity (Wildman–Crippen MR) is 70.2 cm³/mol. The molecule has 2 rings (SSSR count). The molecule has 8 heteroatoms. The molecule has 0 spiro atoms. The lowest BCUT2D eigenvalue weighted by molar-refractivity contribution is 0.416. The van der Waals surface area contributed by atoms with Crippen molar-refractivity contribution in [1.29, 1.82) is 0 Å². The summed E-state index contributed by atoms with van der Waals surface area (Å²) in [6, 6.07) is 7.27. The molecule has 0 aliphatic rings. The molecule has 0 atom stereocenters. The van der Waals surface area contributed by atoms with Gasteiger partial charge in [-0.05, 0) is 30.3 Å². The molecule has 19 heavy (non-hydrogen) atoms. The van der Waals surface area contributed by atoms with Crippen molar-refractivity contribution in [3.8, 4) is 5.75 Å². The number of nitrogens with zero attached hydrogens (tertiary/aromatic N) is 2. The summed E-state index contributed by atoms with van der Waals surface area (Å²) in [6.45, 7) is 0. The van der Waals surface area contributed by atoms with Crippen molar-refractivity contribution in [2.24, 2.45) is 0 Å². The first-order valence-electron chi connectivity index (χ1n) is 5.27. The number of nitrogens with one attached hydrogen (secondary N) is 1. The normalized spacial score (nSPS) is 11.0. The molecule has 1 heterocycles. The van der Waals surface area contributed by atoms with Gasteiger partial charge in [-0.15, -0.1) is 5.10 Å². The highest BCUT2D eigenvalue weighted by Gasteiger charge is 2.16. The second-order valence-corrected chi connectivity index (χ2v) is 5.30. The third kappa shape index (κ3) is 2.91. The zero-order chi connectivity index (χ0) is 13.9. The van der Waals surface area contributed by atoms with Gasteiger partial charge in [-0.25, -0.2) is 8.42 Å². The van der Waals surface area contributed by atoms with E-state index in [9.17, 15) is 8.42 Å². The van der Waals surface area contributed by atoms with Crippen molar-refractivity contribution in [2.45, 2.75) is 4.90 Å². The molecule has 100 valence electrons. The average molecular weight is 280 g/mol. The Kier molecular flexibility index (Phi) is 3.52. The second kappa shape index (κ2) is 5.11. The molecule has 0 amide bonds. The summed E-state index contributed by atoms with van der Waals surface area (Å²) >= 11 is 0. The van der Waals surface area contributed by atoms with Crippen LogP contribution >= 0.6 is 0 Å². The van der Waals surface area contributed by atoms with Gasteiger partial charge in [-0.1, -0.05) is 0 Å².